The normalized spacial score (nSPS) is 12.1. The summed E-state index contributed by atoms with van der Waals surface area (Å²) in [5.41, 5.74) is 7.49. The maximum atomic E-state index is 11.7. The van der Waals surface area contributed by atoms with Crippen LogP contribution in [0.4, 0.5) is 5.69 Å². The lowest BCUT2D eigenvalue weighted by Crippen LogP contribution is -2.29. The first kappa shape index (κ1) is 14.7. The minimum Gasteiger partial charge on any atom is -0.399 e. The van der Waals surface area contributed by atoms with E-state index >= 15 is 0 Å². The smallest absolute Gasteiger partial charge is 0.232 e. The second-order valence-electron chi connectivity index (χ2n) is 4.09. The molecule has 100 valence electrons. The van der Waals surface area contributed by atoms with Gasteiger partial charge in [-0.05, 0) is 24.5 Å². The Hall–Kier alpha value is -1.36. The standard InChI is InChI=1S/C13H20N2O2S/c1-2-8-15-13(16)10-18(17)9-7-11-5-3-4-6-12(11)14/h3-6H,2,7-10,14H2,1H3,(H,15,16). The van der Waals surface area contributed by atoms with Crippen LogP contribution in [-0.2, 0) is 22.0 Å². The SMILES string of the molecule is CCCNC(=O)CS(=O)CCc1ccccc1N. The van der Waals surface area contributed by atoms with Crippen molar-refractivity contribution in [3.63, 3.8) is 0 Å². The van der Waals surface area contributed by atoms with E-state index in [9.17, 15) is 9.00 Å². The molecule has 0 aliphatic carbocycles. The number of benzene rings is 1. The van der Waals surface area contributed by atoms with Crippen molar-refractivity contribution in [2.45, 2.75) is 19.8 Å². The number of nitrogens with two attached hydrogens (primary N) is 1. The van der Waals surface area contributed by atoms with Crippen molar-refractivity contribution in [3.05, 3.63) is 29.8 Å². The van der Waals surface area contributed by atoms with E-state index in [-0.39, 0.29) is 11.7 Å². The Morgan fingerprint density at radius 2 is 2.11 bits per heavy atom. The van der Waals surface area contributed by atoms with E-state index in [2.05, 4.69) is 5.32 Å². The highest BCUT2D eigenvalue weighted by Gasteiger charge is 2.08. The van der Waals surface area contributed by atoms with Gasteiger partial charge in [0, 0.05) is 28.8 Å². The van der Waals surface area contributed by atoms with Crippen LogP contribution in [0.25, 0.3) is 0 Å². The first-order valence-electron chi connectivity index (χ1n) is 6.08. The third kappa shape index (κ3) is 5.31. The molecule has 1 rings (SSSR count). The van der Waals surface area contributed by atoms with E-state index in [1.807, 2.05) is 31.2 Å². The van der Waals surface area contributed by atoms with Crippen LogP contribution in [-0.4, -0.2) is 28.2 Å². The average Bonchev–Trinajstić information content (AvgIpc) is 2.35. The largest absolute Gasteiger partial charge is 0.399 e. The number of anilines is 1. The molecular weight excluding hydrogens is 248 g/mol. The fraction of sp³-hybridized carbons (Fsp3) is 0.462. The molecule has 0 aromatic heterocycles. The van der Waals surface area contributed by atoms with E-state index in [0.717, 1.165) is 12.0 Å². The molecule has 0 bridgehead atoms. The monoisotopic (exact) mass is 268 g/mol. The molecule has 18 heavy (non-hydrogen) atoms. The Morgan fingerprint density at radius 1 is 1.39 bits per heavy atom. The molecule has 0 saturated carbocycles. The summed E-state index contributed by atoms with van der Waals surface area (Å²) in [6.45, 7) is 2.62. The highest BCUT2D eigenvalue weighted by Crippen LogP contribution is 2.11. The summed E-state index contributed by atoms with van der Waals surface area (Å²) in [5, 5.41) is 2.72. The molecule has 1 amide bonds. The Balaban J connectivity index is 2.33. The predicted octanol–water partition coefficient (Wildman–Crippen LogP) is 1.09. The fourth-order valence-electron chi connectivity index (χ4n) is 1.52. The zero-order valence-electron chi connectivity index (χ0n) is 10.6. The number of aryl methyl sites for hydroxylation is 1. The summed E-state index contributed by atoms with van der Waals surface area (Å²) in [4.78, 5) is 11.4. The van der Waals surface area contributed by atoms with Crippen LogP contribution in [0.15, 0.2) is 24.3 Å². The molecule has 0 aliphatic heterocycles. The van der Waals surface area contributed by atoms with E-state index in [4.69, 9.17) is 5.73 Å². The molecule has 5 heteroatoms. The quantitative estimate of drug-likeness (QED) is 0.727. The second kappa shape index (κ2) is 7.87. The van der Waals surface area contributed by atoms with Gasteiger partial charge in [0.05, 0.1) is 0 Å². The van der Waals surface area contributed by atoms with Crippen molar-refractivity contribution < 1.29 is 9.00 Å². The Morgan fingerprint density at radius 3 is 2.78 bits per heavy atom. The van der Waals surface area contributed by atoms with E-state index in [0.29, 0.717) is 24.4 Å². The summed E-state index contributed by atoms with van der Waals surface area (Å²) in [6, 6.07) is 7.52. The number of nitrogens with one attached hydrogen (secondary N) is 1. The first-order valence-corrected chi connectivity index (χ1v) is 7.57. The van der Waals surface area contributed by atoms with Gasteiger partial charge in [0.2, 0.25) is 5.91 Å². The van der Waals surface area contributed by atoms with Gasteiger partial charge in [-0.25, -0.2) is 0 Å². The number of nitrogen functional groups attached to an aromatic ring is 1. The summed E-state index contributed by atoms with van der Waals surface area (Å²) in [5.74, 6) is 0.400. The molecule has 0 radical (unpaired) electrons. The van der Waals surface area contributed by atoms with Gasteiger partial charge < -0.3 is 11.1 Å². The summed E-state index contributed by atoms with van der Waals surface area (Å²) in [7, 11) is -1.13. The van der Waals surface area contributed by atoms with Crippen molar-refractivity contribution in [2.24, 2.45) is 0 Å². The number of hydrogen-bond acceptors (Lipinski definition) is 3. The first-order chi connectivity index (χ1) is 8.63. The number of carbonyl (C=O) groups excluding carboxylic acids is 1. The molecule has 1 aromatic carbocycles. The zero-order valence-corrected chi connectivity index (χ0v) is 11.5. The maximum Gasteiger partial charge on any atom is 0.232 e. The highest BCUT2D eigenvalue weighted by atomic mass is 32.2. The van der Waals surface area contributed by atoms with E-state index in [1.165, 1.54) is 0 Å². The van der Waals surface area contributed by atoms with Crippen molar-refractivity contribution in [3.8, 4) is 0 Å². The van der Waals surface area contributed by atoms with Crippen LogP contribution in [0.1, 0.15) is 18.9 Å². The molecule has 1 unspecified atom stereocenters. The molecule has 0 saturated heterocycles. The van der Waals surface area contributed by atoms with Crippen molar-refractivity contribution in [2.75, 3.05) is 23.8 Å². The van der Waals surface area contributed by atoms with Gasteiger partial charge in [0.15, 0.2) is 0 Å². The Kier molecular flexibility index (Phi) is 6.43. The lowest BCUT2D eigenvalue weighted by Gasteiger charge is -2.06. The fourth-order valence-corrected chi connectivity index (χ4v) is 2.51. The van der Waals surface area contributed by atoms with E-state index < -0.39 is 10.8 Å². The molecular formula is C13H20N2O2S. The number of rotatable bonds is 7. The second-order valence-corrected chi connectivity index (χ2v) is 5.66. The highest BCUT2D eigenvalue weighted by molar-refractivity contribution is 7.85. The lowest BCUT2D eigenvalue weighted by atomic mass is 10.1. The van der Waals surface area contributed by atoms with Gasteiger partial charge in [-0.1, -0.05) is 25.1 Å². The topological polar surface area (TPSA) is 72.2 Å². The minimum absolute atomic E-state index is 0.0761. The summed E-state index contributed by atoms with van der Waals surface area (Å²) >= 11 is 0. The average molecular weight is 268 g/mol. The van der Waals surface area contributed by atoms with E-state index in [1.54, 1.807) is 0 Å². The number of carbonyl (C=O) groups is 1. The molecule has 4 nitrogen and oxygen atoms in total. The van der Waals surface area contributed by atoms with Crippen LogP contribution in [0.5, 0.6) is 0 Å². The lowest BCUT2D eigenvalue weighted by molar-refractivity contribution is -0.118. The van der Waals surface area contributed by atoms with Crippen LogP contribution >= 0.6 is 0 Å². The van der Waals surface area contributed by atoms with Crippen molar-refractivity contribution >= 4 is 22.4 Å². The molecule has 0 aliphatic rings. The maximum absolute atomic E-state index is 11.7. The minimum atomic E-state index is -1.13. The Bertz CT molecular complexity index is 421. The zero-order chi connectivity index (χ0) is 13.4. The van der Waals surface area contributed by atoms with Crippen LogP contribution in [0, 0.1) is 0 Å². The molecule has 0 heterocycles. The molecule has 1 atom stereocenters. The van der Waals surface area contributed by atoms with Gasteiger partial charge >= 0.3 is 0 Å². The Labute approximate surface area is 110 Å². The van der Waals surface area contributed by atoms with Crippen molar-refractivity contribution in [1.29, 1.82) is 0 Å². The number of para-hydroxylation sites is 1. The van der Waals surface area contributed by atoms with Gasteiger partial charge in [0.1, 0.15) is 5.75 Å². The number of amides is 1. The summed E-state index contributed by atoms with van der Waals surface area (Å²) < 4.78 is 11.7. The van der Waals surface area contributed by atoms with Gasteiger partial charge in [-0.2, -0.15) is 0 Å². The molecule has 3 N–H and O–H groups in total. The van der Waals surface area contributed by atoms with Gasteiger partial charge in [-0.15, -0.1) is 0 Å². The van der Waals surface area contributed by atoms with Gasteiger partial charge in [-0.3, -0.25) is 9.00 Å². The van der Waals surface area contributed by atoms with Crippen LogP contribution in [0.3, 0.4) is 0 Å². The number of hydrogen-bond donors (Lipinski definition) is 2. The molecule has 1 aromatic rings. The predicted molar refractivity (Wildman–Crippen MR) is 75.7 cm³/mol. The third-order valence-corrected chi connectivity index (χ3v) is 3.76. The van der Waals surface area contributed by atoms with Crippen molar-refractivity contribution in [1.82, 2.24) is 5.32 Å². The summed E-state index contributed by atoms with van der Waals surface area (Å²) in [6.07, 6.45) is 1.53. The van der Waals surface area contributed by atoms with Gasteiger partial charge in [0.25, 0.3) is 0 Å². The van der Waals surface area contributed by atoms with Crippen LogP contribution < -0.4 is 11.1 Å². The molecule has 0 spiro atoms. The molecule has 0 fully saturated rings. The third-order valence-electron chi connectivity index (χ3n) is 2.52. The van der Waals surface area contributed by atoms with Crippen LogP contribution in [0.2, 0.25) is 0 Å².